The highest BCUT2D eigenvalue weighted by atomic mass is 19.4. The molecule has 0 atom stereocenters. The SMILES string of the molecule is CC(=NOCc1cccc(C(F)(F)F)c1)c1ccc(OCc2c(C)cccc2-n2nnn(C)c2=O)c(C)c1. The Balaban J connectivity index is 1.44. The van der Waals surface area contributed by atoms with E-state index in [1.807, 2.05) is 44.2 Å². The van der Waals surface area contributed by atoms with Crippen LogP contribution in [0.25, 0.3) is 5.69 Å². The lowest BCUT2D eigenvalue weighted by molar-refractivity contribution is -0.137. The van der Waals surface area contributed by atoms with Crippen LogP contribution in [0.5, 0.6) is 5.75 Å². The molecule has 0 N–H and O–H groups in total. The zero-order valence-electron chi connectivity index (χ0n) is 21.3. The fourth-order valence-electron chi connectivity index (χ4n) is 3.82. The van der Waals surface area contributed by atoms with E-state index in [1.54, 1.807) is 19.1 Å². The van der Waals surface area contributed by atoms with E-state index in [0.29, 0.717) is 22.7 Å². The molecule has 3 aromatic carbocycles. The van der Waals surface area contributed by atoms with Crippen molar-refractivity contribution >= 4 is 5.71 Å². The van der Waals surface area contributed by atoms with Crippen molar-refractivity contribution in [3.63, 3.8) is 0 Å². The summed E-state index contributed by atoms with van der Waals surface area (Å²) in [6.45, 7) is 5.69. The van der Waals surface area contributed by atoms with Gasteiger partial charge in [0.15, 0.2) is 0 Å². The number of oxime groups is 1. The molecule has 0 aliphatic rings. The van der Waals surface area contributed by atoms with Gasteiger partial charge < -0.3 is 9.57 Å². The zero-order valence-corrected chi connectivity index (χ0v) is 21.3. The molecule has 0 radical (unpaired) electrons. The molecule has 11 heteroatoms. The Bertz CT molecular complexity index is 1540. The van der Waals surface area contributed by atoms with Gasteiger partial charge in [-0.25, -0.2) is 4.79 Å². The van der Waals surface area contributed by atoms with Crippen molar-refractivity contribution in [2.24, 2.45) is 12.2 Å². The third kappa shape index (κ3) is 5.93. The van der Waals surface area contributed by atoms with Gasteiger partial charge >= 0.3 is 11.9 Å². The fraction of sp³-hybridized carbons (Fsp3) is 0.259. The summed E-state index contributed by atoms with van der Waals surface area (Å²) in [5, 5.41) is 11.8. The molecule has 0 aliphatic heterocycles. The van der Waals surface area contributed by atoms with Gasteiger partial charge in [0.1, 0.15) is 19.0 Å². The maximum Gasteiger partial charge on any atom is 0.416 e. The highest BCUT2D eigenvalue weighted by Crippen LogP contribution is 2.29. The van der Waals surface area contributed by atoms with Crippen LogP contribution in [0.1, 0.15) is 40.3 Å². The summed E-state index contributed by atoms with van der Waals surface area (Å²) in [5.41, 5.74) is 3.82. The molecule has 0 aliphatic carbocycles. The van der Waals surface area contributed by atoms with Gasteiger partial charge in [0.2, 0.25) is 0 Å². The second-order valence-electron chi connectivity index (χ2n) is 8.79. The summed E-state index contributed by atoms with van der Waals surface area (Å²) in [5.74, 6) is 0.645. The number of nitrogens with zero attached hydrogens (tertiary/aromatic N) is 5. The van der Waals surface area contributed by atoms with Gasteiger partial charge in [-0.3, -0.25) is 0 Å². The molecule has 0 amide bonds. The fourth-order valence-corrected chi connectivity index (χ4v) is 3.82. The lowest BCUT2D eigenvalue weighted by atomic mass is 10.1. The van der Waals surface area contributed by atoms with E-state index in [1.165, 1.54) is 17.8 Å². The van der Waals surface area contributed by atoms with E-state index >= 15 is 0 Å². The molecule has 0 fully saturated rings. The molecule has 1 aromatic heterocycles. The standard InChI is InChI=1S/C27H26F3N5O3/c1-17-7-5-10-24(35-26(36)34(4)32-33-35)23(17)16-37-25-12-11-21(13-18(25)2)19(3)31-38-15-20-8-6-9-22(14-20)27(28,29)30/h5-14H,15-16H2,1-4H3. The minimum atomic E-state index is -4.41. The Morgan fingerprint density at radius 2 is 1.74 bits per heavy atom. The molecule has 38 heavy (non-hydrogen) atoms. The van der Waals surface area contributed by atoms with E-state index in [4.69, 9.17) is 9.57 Å². The quantitative estimate of drug-likeness (QED) is 0.236. The molecular formula is C27H26F3N5O3. The monoisotopic (exact) mass is 525 g/mol. The number of aromatic nitrogens is 4. The minimum Gasteiger partial charge on any atom is -0.489 e. The summed E-state index contributed by atoms with van der Waals surface area (Å²) < 4.78 is 47.2. The summed E-state index contributed by atoms with van der Waals surface area (Å²) >= 11 is 0. The van der Waals surface area contributed by atoms with E-state index in [9.17, 15) is 18.0 Å². The first-order chi connectivity index (χ1) is 18.0. The molecule has 8 nitrogen and oxygen atoms in total. The number of hydrogen-bond acceptors (Lipinski definition) is 6. The maximum atomic E-state index is 12.9. The van der Waals surface area contributed by atoms with Crippen LogP contribution in [0.3, 0.4) is 0 Å². The first-order valence-corrected chi connectivity index (χ1v) is 11.7. The van der Waals surface area contributed by atoms with Gasteiger partial charge in [-0.1, -0.05) is 29.4 Å². The van der Waals surface area contributed by atoms with Crippen LogP contribution >= 0.6 is 0 Å². The third-order valence-corrected chi connectivity index (χ3v) is 5.99. The molecule has 0 bridgehead atoms. The average molecular weight is 526 g/mol. The highest BCUT2D eigenvalue weighted by molar-refractivity contribution is 5.98. The van der Waals surface area contributed by atoms with Gasteiger partial charge in [0.05, 0.1) is 17.0 Å². The van der Waals surface area contributed by atoms with Crippen molar-refractivity contribution in [2.45, 2.75) is 40.2 Å². The number of ether oxygens (including phenoxy) is 1. The van der Waals surface area contributed by atoms with Gasteiger partial charge in [-0.05, 0) is 89.8 Å². The van der Waals surface area contributed by atoms with E-state index in [0.717, 1.165) is 39.1 Å². The topological polar surface area (TPSA) is 83.5 Å². The van der Waals surface area contributed by atoms with Crippen molar-refractivity contribution in [3.05, 3.63) is 105 Å². The van der Waals surface area contributed by atoms with Crippen LogP contribution in [0, 0.1) is 13.8 Å². The van der Waals surface area contributed by atoms with Crippen molar-refractivity contribution in [1.82, 2.24) is 19.8 Å². The minimum absolute atomic E-state index is 0.0882. The molecule has 4 aromatic rings. The number of aryl methyl sites for hydroxylation is 3. The number of benzene rings is 3. The molecule has 4 rings (SSSR count). The molecule has 0 spiro atoms. The number of halogens is 3. The zero-order chi connectivity index (χ0) is 27.4. The summed E-state index contributed by atoms with van der Waals surface area (Å²) in [7, 11) is 1.53. The van der Waals surface area contributed by atoms with Gasteiger partial charge in [-0.15, -0.1) is 0 Å². The Morgan fingerprint density at radius 3 is 2.42 bits per heavy atom. The molecule has 0 saturated carbocycles. The molecular weight excluding hydrogens is 499 g/mol. The van der Waals surface area contributed by atoms with E-state index < -0.39 is 11.7 Å². The van der Waals surface area contributed by atoms with Crippen LogP contribution in [0.4, 0.5) is 13.2 Å². The van der Waals surface area contributed by atoms with Crippen molar-refractivity contribution in [1.29, 1.82) is 0 Å². The predicted molar refractivity (Wildman–Crippen MR) is 135 cm³/mol. The largest absolute Gasteiger partial charge is 0.489 e. The second-order valence-corrected chi connectivity index (χ2v) is 8.79. The smallest absolute Gasteiger partial charge is 0.416 e. The first-order valence-electron chi connectivity index (χ1n) is 11.7. The molecule has 0 saturated heterocycles. The maximum absolute atomic E-state index is 12.9. The normalized spacial score (nSPS) is 12.0. The predicted octanol–water partition coefficient (Wildman–Crippen LogP) is 5.12. The summed E-state index contributed by atoms with van der Waals surface area (Å²) in [6, 6.07) is 16.0. The van der Waals surface area contributed by atoms with Crippen LogP contribution in [-0.4, -0.2) is 25.5 Å². The summed E-state index contributed by atoms with van der Waals surface area (Å²) in [4.78, 5) is 17.7. The molecule has 198 valence electrons. The molecule has 0 unspecified atom stereocenters. The van der Waals surface area contributed by atoms with Gasteiger partial charge in [0, 0.05) is 12.6 Å². The Hall–Kier alpha value is -4.41. The van der Waals surface area contributed by atoms with Gasteiger partial charge in [0.25, 0.3) is 0 Å². The van der Waals surface area contributed by atoms with Crippen LogP contribution in [-0.2, 0) is 31.3 Å². The van der Waals surface area contributed by atoms with Crippen LogP contribution in [0.15, 0.2) is 70.6 Å². The van der Waals surface area contributed by atoms with Crippen LogP contribution in [0.2, 0.25) is 0 Å². The van der Waals surface area contributed by atoms with Crippen molar-refractivity contribution in [3.8, 4) is 11.4 Å². The van der Waals surface area contributed by atoms with Crippen LogP contribution < -0.4 is 10.4 Å². The van der Waals surface area contributed by atoms with Gasteiger partial charge in [-0.2, -0.15) is 22.5 Å². The Kier molecular flexibility index (Phi) is 7.65. The molecule has 1 heterocycles. The average Bonchev–Trinajstić information content (AvgIpc) is 3.21. The first kappa shape index (κ1) is 26.6. The number of hydrogen-bond donors (Lipinski definition) is 0. The number of alkyl halides is 3. The Morgan fingerprint density at radius 1 is 0.974 bits per heavy atom. The lowest BCUT2D eigenvalue weighted by Gasteiger charge is -2.15. The number of tetrazole rings is 1. The lowest BCUT2D eigenvalue weighted by Crippen LogP contribution is -2.23. The van der Waals surface area contributed by atoms with Crippen molar-refractivity contribution in [2.75, 3.05) is 0 Å². The Labute approximate surface area is 216 Å². The van der Waals surface area contributed by atoms with E-state index in [-0.39, 0.29) is 18.9 Å². The highest BCUT2D eigenvalue weighted by Gasteiger charge is 2.30. The second kappa shape index (κ2) is 10.9. The third-order valence-electron chi connectivity index (χ3n) is 5.99. The van der Waals surface area contributed by atoms with Crippen molar-refractivity contribution < 1.29 is 22.7 Å². The van der Waals surface area contributed by atoms with E-state index in [2.05, 4.69) is 15.6 Å². The summed E-state index contributed by atoms with van der Waals surface area (Å²) in [6.07, 6.45) is -4.41. The number of rotatable bonds is 8.